The minimum atomic E-state index is 0.0282. The first kappa shape index (κ1) is 13.1. The van der Waals surface area contributed by atoms with Crippen molar-refractivity contribution in [3.05, 3.63) is 70.2 Å². The van der Waals surface area contributed by atoms with Gasteiger partial charge in [-0.2, -0.15) is 0 Å². The van der Waals surface area contributed by atoms with Crippen LogP contribution in [0, 0.1) is 6.92 Å². The Balaban J connectivity index is 2.23. The van der Waals surface area contributed by atoms with Crippen LogP contribution in [-0.4, -0.2) is 0 Å². The normalized spacial score (nSPS) is 12.4. The van der Waals surface area contributed by atoms with E-state index in [4.69, 9.17) is 17.4 Å². The lowest BCUT2D eigenvalue weighted by Gasteiger charge is -2.18. The maximum atomic E-state index is 6.27. The SMILES string of the molecule is Cc1ccc(C(Cc2ccccc2)NN)c(Cl)c1. The Morgan fingerprint density at radius 3 is 2.50 bits per heavy atom. The predicted octanol–water partition coefficient (Wildman–Crippen LogP) is 3.40. The van der Waals surface area contributed by atoms with E-state index in [1.165, 1.54) is 5.56 Å². The summed E-state index contributed by atoms with van der Waals surface area (Å²) >= 11 is 6.27. The summed E-state index contributed by atoms with van der Waals surface area (Å²) in [6.07, 6.45) is 0.820. The van der Waals surface area contributed by atoms with Gasteiger partial charge in [0, 0.05) is 5.02 Å². The fraction of sp³-hybridized carbons (Fsp3) is 0.200. The highest BCUT2D eigenvalue weighted by molar-refractivity contribution is 6.31. The summed E-state index contributed by atoms with van der Waals surface area (Å²) in [5.41, 5.74) is 6.26. The molecule has 2 rings (SSSR count). The zero-order valence-electron chi connectivity index (χ0n) is 10.4. The molecule has 94 valence electrons. The third-order valence-corrected chi connectivity index (χ3v) is 3.34. The third kappa shape index (κ3) is 3.10. The molecule has 18 heavy (non-hydrogen) atoms. The zero-order valence-corrected chi connectivity index (χ0v) is 11.1. The standard InChI is InChI=1S/C15H17ClN2/c1-11-7-8-13(14(16)9-11)15(18-17)10-12-5-3-2-4-6-12/h2-9,15,18H,10,17H2,1H3. The fourth-order valence-corrected chi connectivity index (χ4v) is 2.39. The molecule has 0 amide bonds. The molecule has 1 atom stereocenters. The van der Waals surface area contributed by atoms with Gasteiger partial charge in [0.25, 0.3) is 0 Å². The molecule has 1 unspecified atom stereocenters. The lowest BCUT2D eigenvalue weighted by molar-refractivity contribution is 0.552. The second-order valence-electron chi connectivity index (χ2n) is 4.43. The third-order valence-electron chi connectivity index (χ3n) is 3.02. The van der Waals surface area contributed by atoms with Gasteiger partial charge in [-0.3, -0.25) is 11.3 Å². The van der Waals surface area contributed by atoms with Crippen molar-refractivity contribution in [3.8, 4) is 0 Å². The minimum Gasteiger partial charge on any atom is -0.271 e. The number of hydrogen-bond acceptors (Lipinski definition) is 2. The van der Waals surface area contributed by atoms with Gasteiger partial charge in [-0.25, -0.2) is 0 Å². The highest BCUT2D eigenvalue weighted by Gasteiger charge is 2.13. The van der Waals surface area contributed by atoms with Crippen LogP contribution in [0.5, 0.6) is 0 Å². The van der Waals surface area contributed by atoms with E-state index in [0.717, 1.165) is 22.6 Å². The van der Waals surface area contributed by atoms with Crippen LogP contribution < -0.4 is 11.3 Å². The lowest BCUT2D eigenvalue weighted by Crippen LogP contribution is -2.29. The maximum Gasteiger partial charge on any atom is 0.0515 e. The van der Waals surface area contributed by atoms with E-state index in [1.807, 2.05) is 37.3 Å². The van der Waals surface area contributed by atoms with Crippen LogP contribution in [0.3, 0.4) is 0 Å². The molecule has 0 radical (unpaired) electrons. The largest absolute Gasteiger partial charge is 0.271 e. The molecule has 3 N–H and O–H groups in total. The van der Waals surface area contributed by atoms with Crippen molar-refractivity contribution in [2.45, 2.75) is 19.4 Å². The molecule has 0 aromatic heterocycles. The molecule has 0 bridgehead atoms. The maximum absolute atomic E-state index is 6.27. The second-order valence-corrected chi connectivity index (χ2v) is 4.84. The van der Waals surface area contributed by atoms with Crippen molar-refractivity contribution in [1.82, 2.24) is 5.43 Å². The molecule has 0 aliphatic carbocycles. The summed E-state index contributed by atoms with van der Waals surface area (Å²) < 4.78 is 0. The number of halogens is 1. The van der Waals surface area contributed by atoms with Gasteiger partial charge in [-0.05, 0) is 36.1 Å². The van der Waals surface area contributed by atoms with Crippen molar-refractivity contribution < 1.29 is 0 Å². The van der Waals surface area contributed by atoms with Crippen LogP contribution in [0.2, 0.25) is 5.02 Å². The van der Waals surface area contributed by atoms with E-state index in [1.54, 1.807) is 0 Å². The van der Waals surface area contributed by atoms with Crippen LogP contribution in [0.25, 0.3) is 0 Å². The molecule has 0 saturated carbocycles. The molecule has 0 fully saturated rings. The number of rotatable bonds is 4. The Morgan fingerprint density at radius 2 is 1.89 bits per heavy atom. The topological polar surface area (TPSA) is 38.0 Å². The highest BCUT2D eigenvalue weighted by atomic mass is 35.5. The van der Waals surface area contributed by atoms with Gasteiger partial charge in [-0.1, -0.05) is 54.1 Å². The van der Waals surface area contributed by atoms with E-state index in [-0.39, 0.29) is 6.04 Å². The van der Waals surface area contributed by atoms with Crippen molar-refractivity contribution in [2.75, 3.05) is 0 Å². The van der Waals surface area contributed by atoms with Crippen molar-refractivity contribution in [2.24, 2.45) is 5.84 Å². The molecule has 0 aliphatic heterocycles. The van der Waals surface area contributed by atoms with E-state index in [2.05, 4.69) is 23.6 Å². The van der Waals surface area contributed by atoms with Gasteiger partial charge in [0.05, 0.1) is 6.04 Å². The van der Waals surface area contributed by atoms with Crippen molar-refractivity contribution >= 4 is 11.6 Å². The van der Waals surface area contributed by atoms with Crippen LogP contribution >= 0.6 is 11.6 Å². The molecule has 3 heteroatoms. The molecule has 0 spiro atoms. The Labute approximate surface area is 113 Å². The highest BCUT2D eigenvalue weighted by Crippen LogP contribution is 2.26. The van der Waals surface area contributed by atoms with Crippen LogP contribution in [0.1, 0.15) is 22.7 Å². The molecule has 2 aromatic rings. The number of hydrazine groups is 1. The summed E-state index contributed by atoms with van der Waals surface area (Å²) in [6.45, 7) is 2.03. The smallest absolute Gasteiger partial charge is 0.0515 e. The van der Waals surface area contributed by atoms with Crippen LogP contribution in [-0.2, 0) is 6.42 Å². The van der Waals surface area contributed by atoms with E-state index in [0.29, 0.717) is 0 Å². The average molecular weight is 261 g/mol. The van der Waals surface area contributed by atoms with Gasteiger partial charge < -0.3 is 0 Å². The predicted molar refractivity (Wildman–Crippen MR) is 76.4 cm³/mol. The first-order valence-corrected chi connectivity index (χ1v) is 6.34. The summed E-state index contributed by atoms with van der Waals surface area (Å²) in [5, 5.41) is 0.758. The van der Waals surface area contributed by atoms with Gasteiger partial charge in [-0.15, -0.1) is 0 Å². The molecule has 0 aliphatic rings. The molecule has 2 nitrogen and oxygen atoms in total. The molecular formula is C15H17ClN2. The summed E-state index contributed by atoms with van der Waals surface area (Å²) in [5.74, 6) is 5.65. The van der Waals surface area contributed by atoms with Gasteiger partial charge >= 0.3 is 0 Å². The first-order valence-electron chi connectivity index (χ1n) is 5.97. The van der Waals surface area contributed by atoms with Crippen molar-refractivity contribution in [1.29, 1.82) is 0 Å². The molecule has 0 heterocycles. The summed E-state index contributed by atoms with van der Waals surface area (Å²) in [6, 6.07) is 16.3. The lowest BCUT2D eigenvalue weighted by atomic mass is 9.98. The van der Waals surface area contributed by atoms with Crippen LogP contribution in [0.15, 0.2) is 48.5 Å². The quantitative estimate of drug-likeness (QED) is 0.653. The fourth-order valence-electron chi connectivity index (χ4n) is 2.02. The number of hydrogen-bond donors (Lipinski definition) is 2. The Morgan fingerprint density at radius 1 is 1.17 bits per heavy atom. The van der Waals surface area contributed by atoms with E-state index in [9.17, 15) is 0 Å². The van der Waals surface area contributed by atoms with Gasteiger partial charge in [0.2, 0.25) is 0 Å². The molecule has 0 saturated heterocycles. The number of benzene rings is 2. The average Bonchev–Trinajstić information content (AvgIpc) is 2.38. The van der Waals surface area contributed by atoms with E-state index >= 15 is 0 Å². The summed E-state index contributed by atoms with van der Waals surface area (Å²) in [7, 11) is 0. The number of nitrogens with one attached hydrogen (secondary N) is 1. The molecular weight excluding hydrogens is 244 g/mol. The second kappa shape index (κ2) is 6.01. The number of nitrogens with two attached hydrogens (primary N) is 1. The Bertz CT molecular complexity index is 511. The number of aryl methyl sites for hydroxylation is 1. The van der Waals surface area contributed by atoms with E-state index < -0.39 is 0 Å². The monoisotopic (exact) mass is 260 g/mol. The zero-order chi connectivity index (χ0) is 13.0. The summed E-state index contributed by atoms with van der Waals surface area (Å²) in [4.78, 5) is 0. The van der Waals surface area contributed by atoms with Gasteiger partial charge in [0.15, 0.2) is 0 Å². The van der Waals surface area contributed by atoms with Crippen molar-refractivity contribution in [3.63, 3.8) is 0 Å². The van der Waals surface area contributed by atoms with Gasteiger partial charge in [0.1, 0.15) is 0 Å². The van der Waals surface area contributed by atoms with Crippen LogP contribution in [0.4, 0.5) is 0 Å². The minimum absolute atomic E-state index is 0.0282. The first-order chi connectivity index (χ1) is 8.70. The Kier molecular flexibility index (Phi) is 4.37. The molecule has 2 aromatic carbocycles. The Hall–Kier alpha value is -1.35.